The number of aromatic nitrogens is 2. The molecule has 21 heavy (non-hydrogen) atoms. The first-order valence-corrected chi connectivity index (χ1v) is 6.84. The van der Waals surface area contributed by atoms with Gasteiger partial charge in [-0.25, -0.2) is 4.98 Å². The zero-order valence-corrected chi connectivity index (χ0v) is 11.3. The predicted octanol–water partition coefficient (Wildman–Crippen LogP) is 1.99. The number of nitrogens with one attached hydrogen (secondary N) is 1. The molecule has 0 spiro atoms. The van der Waals surface area contributed by atoms with Crippen LogP contribution in [0.2, 0.25) is 0 Å². The highest BCUT2D eigenvalue weighted by Gasteiger charge is 2.24. The molecule has 3 aromatic rings. The molecule has 0 aliphatic carbocycles. The highest BCUT2D eigenvalue weighted by Crippen LogP contribution is 2.31. The molecule has 3 N–H and O–H groups in total. The summed E-state index contributed by atoms with van der Waals surface area (Å²) in [5.41, 5.74) is 9.13. The van der Waals surface area contributed by atoms with E-state index in [9.17, 15) is 4.79 Å². The third-order valence-electron chi connectivity index (χ3n) is 3.99. The Bertz CT molecular complexity index is 900. The zero-order chi connectivity index (χ0) is 14.4. The summed E-state index contributed by atoms with van der Waals surface area (Å²) < 4.78 is 1.66. The number of hydrogen-bond donors (Lipinski definition) is 2. The fourth-order valence-corrected chi connectivity index (χ4v) is 2.94. The Morgan fingerprint density at radius 3 is 2.95 bits per heavy atom. The fourth-order valence-electron chi connectivity index (χ4n) is 2.94. The molecule has 5 nitrogen and oxygen atoms in total. The summed E-state index contributed by atoms with van der Waals surface area (Å²) >= 11 is 0. The summed E-state index contributed by atoms with van der Waals surface area (Å²) in [6, 6.07) is 13.3. The van der Waals surface area contributed by atoms with Gasteiger partial charge in [0.2, 0.25) is 0 Å². The van der Waals surface area contributed by atoms with E-state index in [-0.39, 0.29) is 11.6 Å². The van der Waals surface area contributed by atoms with Crippen molar-refractivity contribution in [1.82, 2.24) is 9.55 Å². The number of nitrogens with two attached hydrogens (primary N) is 1. The molecule has 2 aromatic carbocycles. The van der Waals surface area contributed by atoms with Gasteiger partial charge in [-0.1, -0.05) is 24.3 Å². The molecular formula is C16H14N4O. The van der Waals surface area contributed by atoms with Gasteiger partial charge in [-0.2, -0.15) is 0 Å². The van der Waals surface area contributed by atoms with E-state index in [1.54, 1.807) is 29.1 Å². The third kappa shape index (κ3) is 1.71. The van der Waals surface area contributed by atoms with Crippen LogP contribution in [0.5, 0.6) is 0 Å². The minimum atomic E-state index is -0.0957. The number of hydrogen-bond acceptors (Lipinski definition) is 4. The van der Waals surface area contributed by atoms with Crippen LogP contribution in [0, 0.1) is 0 Å². The van der Waals surface area contributed by atoms with E-state index in [0.29, 0.717) is 23.1 Å². The molecule has 1 aliphatic rings. The molecule has 1 unspecified atom stereocenters. The van der Waals surface area contributed by atoms with Crippen LogP contribution in [-0.2, 0) is 0 Å². The van der Waals surface area contributed by atoms with Crippen LogP contribution >= 0.6 is 0 Å². The summed E-state index contributed by atoms with van der Waals surface area (Å²) in [5.74, 6) is 0. The molecule has 0 bridgehead atoms. The lowest BCUT2D eigenvalue weighted by Crippen LogP contribution is -2.27. The van der Waals surface area contributed by atoms with Crippen LogP contribution < -0.4 is 16.6 Å². The summed E-state index contributed by atoms with van der Waals surface area (Å²) in [4.78, 5) is 17.1. The van der Waals surface area contributed by atoms with Gasteiger partial charge in [-0.15, -0.1) is 0 Å². The number of nitrogens with zero attached hydrogens (tertiary/aromatic N) is 2. The first-order valence-electron chi connectivity index (χ1n) is 6.84. The highest BCUT2D eigenvalue weighted by atomic mass is 16.1. The Labute approximate surface area is 121 Å². The van der Waals surface area contributed by atoms with Crippen LogP contribution in [-0.4, -0.2) is 16.1 Å². The van der Waals surface area contributed by atoms with Gasteiger partial charge >= 0.3 is 0 Å². The van der Waals surface area contributed by atoms with Crippen LogP contribution in [0.1, 0.15) is 11.6 Å². The summed E-state index contributed by atoms with van der Waals surface area (Å²) in [6.07, 6.45) is 1.61. The average molecular weight is 278 g/mol. The quantitative estimate of drug-likeness (QED) is 0.668. The van der Waals surface area contributed by atoms with Crippen molar-refractivity contribution < 1.29 is 0 Å². The van der Waals surface area contributed by atoms with E-state index in [0.717, 1.165) is 11.3 Å². The summed E-state index contributed by atoms with van der Waals surface area (Å²) in [7, 11) is 0. The largest absolute Gasteiger partial charge is 0.398 e. The second kappa shape index (κ2) is 4.34. The van der Waals surface area contributed by atoms with Gasteiger partial charge in [0.1, 0.15) is 0 Å². The fraction of sp³-hybridized carbons (Fsp3) is 0.125. The molecule has 1 aromatic heterocycles. The van der Waals surface area contributed by atoms with Crippen molar-refractivity contribution in [2.75, 3.05) is 17.6 Å². The van der Waals surface area contributed by atoms with Crippen molar-refractivity contribution in [2.24, 2.45) is 0 Å². The van der Waals surface area contributed by atoms with E-state index in [1.807, 2.05) is 24.3 Å². The van der Waals surface area contributed by atoms with Gasteiger partial charge in [0.25, 0.3) is 5.56 Å². The lowest BCUT2D eigenvalue weighted by molar-refractivity contribution is 0.606. The smallest absolute Gasteiger partial charge is 0.263 e. The van der Waals surface area contributed by atoms with Gasteiger partial charge in [-0.3, -0.25) is 9.36 Å². The van der Waals surface area contributed by atoms with Crippen molar-refractivity contribution in [3.63, 3.8) is 0 Å². The van der Waals surface area contributed by atoms with Crippen LogP contribution in [0.3, 0.4) is 0 Å². The first-order chi connectivity index (χ1) is 10.3. The summed E-state index contributed by atoms with van der Waals surface area (Å²) in [6.45, 7) is 0.680. The minimum Gasteiger partial charge on any atom is -0.398 e. The molecule has 1 atom stereocenters. The Morgan fingerprint density at radius 1 is 1.19 bits per heavy atom. The Balaban J connectivity index is 1.95. The highest BCUT2D eigenvalue weighted by molar-refractivity contribution is 5.89. The van der Waals surface area contributed by atoms with Gasteiger partial charge in [0, 0.05) is 17.9 Å². The van der Waals surface area contributed by atoms with Crippen molar-refractivity contribution in [3.05, 3.63) is 64.7 Å². The van der Waals surface area contributed by atoms with Crippen molar-refractivity contribution in [2.45, 2.75) is 6.04 Å². The molecule has 5 heteroatoms. The lowest BCUT2D eigenvalue weighted by Gasteiger charge is -2.14. The molecule has 0 fully saturated rings. The van der Waals surface area contributed by atoms with E-state index < -0.39 is 0 Å². The zero-order valence-electron chi connectivity index (χ0n) is 11.3. The number of para-hydroxylation sites is 1. The number of anilines is 2. The lowest BCUT2D eigenvalue weighted by atomic mass is 10.1. The van der Waals surface area contributed by atoms with Crippen molar-refractivity contribution in [1.29, 1.82) is 0 Å². The summed E-state index contributed by atoms with van der Waals surface area (Å²) in [5, 5.41) is 3.81. The number of rotatable bonds is 1. The maximum atomic E-state index is 12.8. The molecule has 1 aliphatic heterocycles. The predicted molar refractivity (Wildman–Crippen MR) is 83.5 cm³/mol. The Morgan fingerprint density at radius 2 is 2.05 bits per heavy atom. The maximum absolute atomic E-state index is 12.8. The van der Waals surface area contributed by atoms with E-state index in [2.05, 4.69) is 10.3 Å². The van der Waals surface area contributed by atoms with Gasteiger partial charge in [0.05, 0.1) is 23.3 Å². The maximum Gasteiger partial charge on any atom is 0.263 e. The van der Waals surface area contributed by atoms with Gasteiger partial charge < -0.3 is 11.1 Å². The van der Waals surface area contributed by atoms with Crippen LogP contribution in [0.25, 0.3) is 10.9 Å². The molecule has 0 amide bonds. The van der Waals surface area contributed by atoms with Crippen LogP contribution in [0.4, 0.5) is 11.4 Å². The molecular weight excluding hydrogens is 264 g/mol. The molecule has 4 rings (SSSR count). The van der Waals surface area contributed by atoms with E-state index >= 15 is 0 Å². The van der Waals surface area contributed by atoms with Gasteiger partial charge in [-0.05, 0) is 23.8 Å². The van der Waals surface area contributed by atoms with Crippen LogP contribution in [0.15, 0.2) is 53.6 Å². The second-order valence-electron chi connectivity index (χ2n) is 5.18. The first kappa shape index (κ1) is 12.0. The standard InChI is InChI=1S/C16H14N4O/c17-11-5-3-7-13-15(11)16(21)20(9-19-13)14-8-18-12-6-2-1-4-10(12)14/h1-7,9,14,18H,8,17H2. The Kier molecular flexibility index (Phi) is 2.47. The number of fused-ring (bicyclic) bond motifs is 2. The monoisotopic (exact) mass is 278 g/mol. The molecule has 0 saturated carbocycles. The molecule has 104 valence electrons. The number of nitrogen functional groups attached to an aromatic ring is 1. The van der Waals surface area contributed by atoms with E-state index in [1.165, 1.54) is 0 Å². The molecule has 0 radical (unpaired) electrons. The van der Waals surface area contributed by atoms with Gasteiger partial charge in [0.15, 0.2) is 0 Å². The SMILES string of the molecule is Nc1cccc2ncn(C3CNc4ccccc43)c(=O)c12. The third-order valence-corrected chi connectivity index (χ3v) is 3.99. The second-order valence-corrected chi connectivity index (χ2v) is 5.18. The number of benzene rings is 2. The Hall–Kier alpha value is -2.82. The van der Waals surface area contributed by atoms with Crippen molar-refractivity contribution in [3.8, 4) is 0 Å². The normalized spacial score (nSPS) is 16.7. The topological polar surface area (TPSA) is 72.9 Å². The van der Waals surface area contributed by atoms with Crippen molar-refractivity contribution >= 4 is 22.3 Å². The molecule has 0 saturated heterocycles. The average Bonchev–Trinajstić information content (AvgIpc) is 2.92. The van der Waals surface area contributed by atoms with E-state index in [4.69, 9.17) is 5.73 Å². The minimum absolute atomic E-state index is 0.0507. The molecule has 2 heterocycles.